The summed E-state index contributed by atoms with van der Waals surface area (Å²) in [4.78, 5) is 15.7. The molecular weight excluding hydrogens is 392 g/mol. The van der Waals surface area contributed by atoms with Crippen molar-refractivity contribution in [3.8, 4) is 0 Å². The standard InChI is InChI=1S/C24H30N4OS/c1-18-23(19(2)28(26-18)16-20-8-6-5-7-9-20)14-25-24(29)17-27(3)15-21-10-12-22(30-4)13-11-21/h5-13H,14-17H2,1-4H3,(H,25,29). The molecule has 2 aromatic carbocycles. The lowest BCUT2D eigenvalue weighted by molar-refractivity contribution is -0.122. The van der Waals surface area contributed by atoms with Crippen molar-refractivity contribution < 1.29 is 4.79 Å². The van der Waals surface area contributed by atoms with E-state index in [1.165, 1.54) is 16.0 Å². The van der Waals surface area contributed by atoms with E-state index in [2.05, 4.69) is 60.0 Å². The van der Waals surface area contributed by atoms with Crippen LogP contribution in [0.2, 0.25) is 0 Å². The second-order valence-corrected chi connectivity index (χ2v) is 8.47. The van der Waals surface area contributed by atoms with Crippen molar-refractivity contribution in [2.24, 2.45) is 0 Å². The van der Waals surface area contributed by atoms with Gasteiger partial charge in [0.1, 0.15) is 0 Å². The second kappa shape index (κ2) is 10.5. The van der Waals surface area contributed by atoms with Crippen molar-refractivity contribution in [3.63, 3.8) is 0 Å². The minimum absolute atomic E-state index is 0.0212. The summed E-state index contributed by atoms with van der Waals surface area (Å²) < 4.78 is 2.01. The maximum atomic E-state index is 12.5. The fourth-order valence-corrected chi connectivity index (χ4v) is 3.89. The van der Waals surface area contributed by atoms with Crippen LogP contribution in [0.25, 0.3) is 0 Å². The van der Waals surface area contributed by atoms with Crippen molar-refractivity contribution in [3.05, 3.63) is 82.7 Å². The minimum Gasteiger partial charge on any atom is -0.351 e. The summed E-state index contributed by atoms with van der Waals surface area (Å²) in [6.45, 7) is 6.41. The summed E-state index contributed by atoms with van der Waals surface area (Å²) >= 11 is 1.73. The first-order valence-corrected chi connectivity index (χ1v) is 11.3. The number of carbonyl (C=O) groups is 1. The average Bonchev–Trinajstić information content (AvgIpc) is 3.00. The number of carbonyl (C=O) groups excluding carboxylic acids is 1. The van der Waals surface area contributed by atoms with Gasteiger partial charge in [-0.3, -0.25) is 14.4 Å². The van der Waals surface area contributed by atoms with Crippen LogP contribution < -0.4 is 5.32 Å². The number of amides is 1. The summed E-state index contributed by atoms with van der Waals surface area (Å²) in [7, 11) is 1.97. The van der Waals surface area contributed by atoms with E-state index in [1.54, 1.807) is 11.8 Å². The van der Waals surface area contributed by atoms with Gasteiger partial charge < -0.3 is 5.32 Å². The summed E-state index contributed by atoms with van der Waals surface area (Å²) in [5.74, 6) is 0.0212. The number of hydrogen-bond acceptors (Lipinski definition) is 4. The van der Waals surface area contributed by atoms with Gasteiger partial charge in [-0.15, -0.1) is 11.8 Å². The summed E-state index contributed by atoms with van der Waals surface area (Å²) in [5, 5.41) is 7.72. The molecule has 3 rings (SSSR count). The Morgan fingerprint density at radius 3 is 2.43 bits per heavy atom. The van der Waals surface area contributed by atoms with Crippen molar-refractivity contribution >= 4 is 17.7 Å². The molecule has 0 spiro atoms. The molecule has 1 N–H and O–H groups in total. The molecule has 3 aromatic rings. The van der Waals surface area contributed by atoms with Gasteiger partial charge in [-0.05, 0) is 50.4 Å². The number of aryl methyl sites for hydroxylation is 1. The Morgan fingerprint density at radius 2 is 1.77 bits per heavy atom. The lowest BCUT2D eigenvalue weighted by Crippen LogP contribution is -2.34. The topological polar surface area (TPSA) is 50.2 Å². The zero-order valence-electron chi connectivity index (χ0n) is 18.2. The molecule has 1 heterocycles. The monoisotopic (exact) mass is 422 g/mol. The Labute approximate surface area is 183 Å². The van der Waals surface area contributed by atoms with Crippen molar-refractivity contribution in [2.75, 3.05) is 19.8 Å². The van der Waals surface area contributed by atoms with E-state index in [4.69, 9.17) is 0 Å². The molecule has 0 unspecified atom stereocenters. The van der Waals surface area contributed by atoms with Gasteiger partial charge in [0.25, 0.3) is 0 Å². The molecule has 0 saturated carbocycles. The first-order chi connectivity index (χ1) is 14.5. The number of hydrogen-bond donors (Lipinski definition) is 1. The fourth-order valence-electron chi connectivity index (χ4n) is 3.49. The summed E-state index contributed by atoms with van der Waals surface area (Å²) in [5.41, 5.74) is 5.57. The van der Waals surface area contributed by atoms with Gasteiger partial charge in [-0.2, -0.15) is 5.10 Å². The van der Waals surface area contributed by atoms with Gasteiger partial charge in [0, 0.05) is 29.2 Å². The molecule has 0 fully saturated rings. The normalized spacial score (nSPS) is 11.1. The Balaban J connectivity index is 1.52. The van der Waals surface area contributed by atoms with E-state index >= 15 is 0 Å². The molecule has 158 valence electrons. The third-order valence-electron chi connectivity index (χ3n) is 5.19. The van der Waals surface area contributed by atoms with Crippen LogP contribution >= 0.6 is 11.8 Å². The maximum absolute atomic E-state index is 12.5. The van der Waals surface area contributed by atoms with E-state index in [0.29, 0.717) is 13.1 Å². The van der Waals surface area contributed by atoms with E-state index in [9.17, 15) is 4.79 Å². The molecular formula is C24H30N4OS. The van der Waals surface area contributed by atoms with Gasteiger partial charge >= 0.3 is 0 Å². The number of thioether (sulfide) groups is 1. The van der Waals surface area contributed by atoms with Crippen molar-refractivity contribution in [2.45, 2.75) is 38.4 Å². The number of nitrogens with zero attached hydrogens (tertiary/aromatic N) is 3. The van der Waals surface area contributed by atoms with Gasteiger partial charge in [0.15, 0.2) is 0 Å². The molecule has 0 radical (unpaired) electrons. The van der Waals surface area contributed by atoms with Gasteiger partial charge in [0.2, 0.25) is 5.91 Å². The third kappa shape index (κ3) is 5.97. The molecule has 0 aliphatic carbocycles. The Hall–Kier alpha value is -2.57. The predicted octanol–water partition coefficient (Wildman–Crippen LogP) is 4.02. The molecule has 1 amide bonds. The number of aromatic nitrogens is 2. The van der Waals surface area contributed by atoms with E-state index in [0.717, 1.165) is 30.0 Å². The zero-order chi connectivity index (χ0) is 21.5. The number of nitrogens with one attached hydrogen (secondary N) is 1. The Kier molecular flexibility index (Phi) is 7.71. The van der Waals surface area contributed by atoms with E-state index < -0.39 is 0 Å². The summed E-state index contributed by atoms with van der Waals surface area (Å²) in [6.07, 6.45) is 2.07. The van der Waals surface area contributed by atoms with Crippen molar-refractivity contribution in [1.82, 2.24) is 20.0 Å². The van der Waals surface area contributed by atoms with Crippen LogP contribution in [-0.2, 0) is 24.4 Å². The Morgan fingerprint density at radius 1 is 1.07 bits per heavy atom. The van der Waals surface area contributed by atoms with Crippen LogP contribution in [0.3, 0.4) is 0 Å². The lowest BCUT2D eigenvalue weighted by atomic mass is 10.2. The molecule has 0 atom stereocenters. The van der Waals surface area contributed by atoms with Crippen LogP contribution in [0.5, 0.6) is 0 Å². The molecule has 0 aliphatic heterocycles. The Bertz CT molecular complexity index is 967. The zero-order valence-corrected chi connectivity index (χ0v) is 19.0. The minimum atomic E-state index is 0.0212. The first-order valence-electron chi connectivity index (χ1n) is 10.1. The summed E-state index contributed by atoms with van der Waals surface area (Å²) in [6, 6.07) is 18.8. The number of likely N-dealkylation sites (N-methyl/N-ethyl adjacent to an activating group) is 1. The van der Waals surface area contributed by atoms with Crippen molar-refractivity contribution in [1.29, 1.82) is 0 Å². The SMILES string of the molecule is CSc1ccc(CN(C)CC(=O)NCc2c(C)nn(Cc3ccccc3)c2C)cc1. The molecule has 30 heavy (non-hydrogen) atoms. The molecule has 5 nitrogen and oxygen atoms in total. The molecule has 6 heteroatoms. The molecule has 0 aliphatic rings. The van der Waals surface area contributed by atoms with Gasteiger partial charge in [-0.25, -0.2) is 0 Å². The van der Waals surface area contributed by atoms with Gasteiger partial charge in [-0.1, -0.05) is 42.5 Å². The van der Waals surface area contributed by atoms with Crippen LogP contribution in [0.15, 0.2) is 59.5 Å². The number of rotatable bonds is 9. The maximum Gasteiger partial charge on any atom is 0.234 e. The number of benzene rings is 2. The molecule has 1 aromatic heterocycles. The fraction of sp³-hybridized carbons (Fsp3) is 0.333. The highest BCUT2D eigenvalue weighted by molar-refractivity contribution is 7.98. The molecule has 0 bridgehead atoms. The highest BCUT2D eigenvalue weighted by Gasteiger charge is 2.14. The average molecular weight is 423 g/mol. The van der Waals surface area contributed by atoms with Crippen LogP contribution in [0.1, 0.15) is 28.1 Å². The van der Waals surface area contributed by atoms with E-state index in [-0.39, 0.29) is 5.91 Å². The van der Waals surface area contributed by atoms with Crippen LogP contribution in [-0.4, -0.2) is 40.4 Å². The highest BCUT2D eigenvalue weighted by Crippen LogP contribution is 2.16. The predicted molar refractivity (Wildman–Crippen MR) is 124 cm³/mol. The van der Waals surface area contributed by atoms with Crippen LogP contribution in [0.4, 0.5) is 0 Å². The van der Waals surface area contributed by atoms with E-state index in [1.807, 2.05) is 41.8 Å². The highest BCUT2D eigenvalue weighted by atomic mass is 32.2. The third-order valence-corrected chi connectivity index (χ3v) is 5.94. The van der Waals surface area contributed by atoms with Gasteiger partial charge in [0.05, 0.1) is 18.8 Å². The smallest absolute Gasteiger partial charge is 0.234 e. The quantitative estimate of drug-likeness (QED) is 0.529. The second-order valence-electron chi connectivity index (χ2n) is 7.59. The lowest BCUT2D eigenvalue weighted by Gasteiger charge is -2.16. The first kappa shape index (κ1) is 22.1. The van der Waals surface area contributed by atoms with Crippen LogP contribution in [0, 0.1) is 13.8 Å². The largest absolute Gasteiger partial charge is 0.351 e. The molecule has 0 saturated heterocycles.